The van der Waals surface area contributed by atoms with Crippen LogP contribution in [0.25, 0.3) is 0 Å². The Hall–Kier alpha value is -2.46. The molecule has 1 amide bonds. The molecule has 1 atom stereocenters. The predicted molar refractivity (Wildman–Crippen MR) is 112 cm³/mol. The number of amides is 1. The number of aromatic nitrogens is 1. The van der Waals surface area contributed by atoms with Crippen molar-refractivity contribution >= 4 is 11.9 Å². The Morgan fingerprint density at radius 3 is 2.64 bits per heavy atom. The largest absolute Gasteiger partial charge is 0.490 e. The van der Waals surface area contributed by atoms with Gasteiger partial charge in [0.15, 0.2) is 0 Å². The van der Waals surface area contributed by atoms with Gasteiger partial charge in [-0.2, -0.15) is 13.2 Å². The highest BCUT2D eigenvalue weighted by atomic mass is 19.4. The summed E-state index contributed by atoms with van der Waals surface area (Å²) in [6, 6.07) is 6.01. The van der Waals surface area contributed by atoms with Crippen molar-refractivity contribution in [2.24, 2.45) is 0 Å². The number of aryl methyl sites for hydroxylation is 1. The van der Waals surface area contributed by atoms with E-state index in [2.05, 4.69) is 11.1 Å². The maximum atomic E-state index is 12.6. The van der Waals surface area contributed by atoms with E-state index < -0.39 is 12.1 Å². The number of carboxylic acid groups (broad SMARTS) is 1. The molecule has 1 aromatic rings. The Morgan fingerprint density at radius 1 is 1.30 bits per heavy atom. The predicted octanol–water partition coefficient (Wildman–Crippen LogP) is 3.80. The van der Waals surface area contributed by atoms with Crippen LogP contribution in [0.2, 0.25) is 0 Å². The molecule has 0 radical (unpaired) electrons. The number of allylic oxidation sites excluding steroid dienone is 1. The molecule has 2 saturated heterocycles. The standard InChI is InChI=1S/C21H28N2O3.C2HF3O2/c1-16-6-5-9-18(22-16)13-25-19-10-11-26-21(12-19)14-23(15-21)20(24)17-7-3-2-4-8-17;3-2(4,5)1(6)7/h5-7,9,19H,2-4,8,10-15H2,1H3;(H,6,7). The Morgan fingerprint density at radius 2 is 2.03 bits per heavy atom. The van der Waals surface area contributed by atoms with Crippen molar-refractivity contribution in [1.29, 1.82) is 0 Å². The van der Waals surface area contributed by atoms with Crippen LogP contribution < -0.4 is 0 Å². The fourth-order valence-corrected chi connectivity index (χ4v) is 4.26. The number of rotatable bonds is 4. The van der Waals surface area contributed by atoms with Gasteiger partial charge in [-0.1, -0.05) is 12.1 Å². The number of pyridine rings is 1. The van der Waals surface area contributed by atoms with E-state index in [4.69, 9.17) is 19.4 Å². The molecule has 1 unspecified atom stereocenters. The molecule has 0 saturated carbocycles. The van der Waals surface area contributed by atoms with Gasteiger partial charge in [0, 0.05) is 24.3 Å². The molecule has 7 nitrogen and oxygen atoms in total. The molecule has 2 fully saturated rings. The van der Waals surface area contributed by atoms with Gasteiger partial charge in [-0.3, -0.25) is 9.78 Å². The van der Waals surface area contributed by atoms with Crippen LogP contribution in [0.3, 0.4) is 0 Å². The maximum Gasteiger partial charge on any atom is 0.490 e. The fourth-order valence-electron chi connectivity index (χ4n) is 4.26. The van der Waals surface area contributed by atoms with Crippen LogP contribution in [-0.4, -0.2) is 64.4 Å². The summed E-state index contributed by atoms with van der Waals surface area (Å²) in [5.74, 6) is -2.54. The summed E-state index contributed by atoms with van der Waals surface area (Å²) in [7, 11) is 0. The first-order valence-corrected chi connectivity index (χ1v) is 11.0. The van der Waals surface area contributed by atoms with Crippen molar-refractivity contribution in [1.82, 2.24) is 9.88 Å². The quantitative estimate of drug-likeness (QED) is 0.720. The molecule has 1 N–H and O–H groups in total. The van der Waals surface area contributed by atoms with Gasteiger partial charge >= 0.3 is 12.1 Å². The SMILES string of the molecule is Cc1cccc(COC2CCOC3(C2)CN(C(=O)C2=CCCCC2)C3)n1.O=C(O)C(F)(F)F. The monoisotopic (exact) mass is 470 g/mol. The Kier molecular flexibility index (Phi) is 8.12. The van der Waals surface area contributed by atoms with Gasteiger partial charge in [0.1, 0.15) is 5.60 Å². The van der Waals surface area contributed by atoms with Crippen LogP contribution in [0.15, 0.2) is 29.8 Å². The van der Waals surface area contributed by atoms with Gasteiger partial charge in [0.05, 0.1) is 31.5 Å². The molecule has 1 spiro atoms. The fraction of sp³-hybridized carbons (Fsp3) is 0.609. The first-order valence-electron chi connectivity index (χ1n) is 11.0. The Balaban J connectivity index is 0.000000383. The van der Waals surface area contributed by atoms with Crippen molar-refractivity contribution in [2.45, 2.75) is 69.9 Å². The van der Waals surface area contributed by atoms with E-state index in [1.54, 1.807) is 0 Å². The summed E-state index contributed by atoms with van der Waals surface area (Å²) in [6.07, 6.45) is 3.30. The van der Waals surface area contributed by atoms with E-state index >= 15 is 0 Å². The molecule has 0 aromatic carbocycles. The smallest absolute Gasteiger partial charge is 0.475 e. The van der Waals surface area contributed by atoms with Crippen molar-refractivity contribution < 1.29 is 37.3 Å². The van der Waals surface area contributed by atoms with E-state index in [1.807, 2.05) is 30.0 Å². The summed E-state index contributed by atoms with van der Waals surface area (Å²) in [6.45, 7) is 4.64. The van der Waals surface area contributed by atoms with Crippen LogP contribution in [0.1, 0.15) is 49.9 Å². The van der Waals surface area contributed by atoms with Crippen LogP contribution >= 0.6 is 0 Å². The van der Waals surface area contributed by atoms with Gasteiger partial charge in [0.25, 0.3) is 0 Å². The number of carbonyl (C=O) groups is 2. The normalized spacial score (nSPS) is 22.0. The first-order chi connectivity index (χ1) is 15.6. The topological polar surface area (TPSA) is 89.0 Å². The number of alkyl halides is 3. The summed E-state index contributed by atoms with van der Waals surface area (Å²) in [5.41, 5.74) is 2.79. The minimum absolute atomic E-state index is 0.178. The highest BCUT2D eigenvalue weighted by molar-refractivity contribution is 5.94. The van der Waals surface area contributed by atoms with E-state index in [-0.39, 0.29) is 17.6 Å². The second-order valence-electron chi connectivity index (χ2n) is 8.67. The molecule has 10 heteroatoms. The van der Waals surface area contributed by atoms with E-state index in [9.17, 15) is 18.0 Å². The lowest BCUT2D eigenvalue weighted by Crippen LogP contribution is -2.67. The number of likely N-dealkylation sites (tertiary alicyclic amines) is 1. The highest BCUT2D eigenvalue weighted by Crippen LogP contribution is 2.37. The Bertz CT molecular complexity index is 881. The molecular weight excluding hydrogens is 441 g/mol. The lowest BCUT2D eigenvalue weighted by atomic mass is 9.83. The number of hydrogen-bond acceptors (Lipinski definition) is 5. The van der Waals surface area contributed by atoms with Gasteiger partial charge < -0.3 is 19.5 Å². The number of nitrogens with zero attached hydrogens (tertiary/aromatic N) is 2. The maximum absolute atomic E-state index is 12.6. The summed E-state index contributed by atoms with van der Waals surface area (Å²) in [5, 5.41) is 7.12. The lowest BCUT2D eigenvalue weighted by Gasteiger charge is -2.53. The molecule has 182 valence electrons. The second-order valence-corrected chi connectivity index (χ2v) is 8.67. The molecule has 3 heterocycles. The van der Waals surface area contributed by atoms with Gasteiger partial charge in [-0.25, -0.2) is 4.79 Å². The second kappa shape index (κ2) is 10.6. The zero-order chi connectivity index (χ0) is 24.1. The molecule has 1 aliphatic carbocycles. The van der Waals surface area contributed by atoms with Crippen molar-refractivity contribution in [3.63, 3.8) is 0 Å². The van der Waals surface area contributed by atoms with Crippen molar-refractivity contribution in [3.8, 4) is 0 Å². The minimum atomic E-state index is -5.08. The highest BCUT2D eigenvalue weighted by Gasteiger charge is 2.50. The molecule has 4 rings (SSSR count). The average molecular weight is 470 g/mol. The third kappa shape index (κ3) is 7.01. The van der Waals surface area contributed by atoms with Crippen LogP contribution in [0, 0.1) is 6.92 Å². The van der Waals surface area contributed by atoms with E-state index in [0.29, 0.717) is 26.3 Å². The molecule has 33 heavy (non-hydrogen) atoms. The van der Waals surface area contributed by atoms with E-state index in [0.717, 1.165) is 49.1 Å². The van der Waals surface area contributed by atoms with Crippen LogP contribution in [0.5, 0.6) is 0 Å². The number of halogens is 3. The number of ether oxygens (including phenoxy) is 2. The molecule has 3 aliphatic rings. The Labute approximate surface area is 190 Å². The number of carboxylic acids is 1. The van der Waals surface area contributed by atoms with Crippen LogP contribution in [0.4, 0.5) is 13.2 Å². The summed E-state index contributed by atoms with van der Waals surface area (Å²) < 4.78 is 43.9. The zero-order valence-corrected chi connectivity index (χ0v) is 18.6. The summed E-state index contributed by atoms with van der Waals surface area (Å²) in [4.78, 5) is 27.9. The van der Waals surface area contributed by atoms with Crippen LogP contribution in [-0.2, 0) is 25.7 Å². The van der Waals surface area contributed by atoms with Gasteiger partial charge in [-0.15, -0.1) is 0 Å². The number of carbonyl (C=O) groups excluding carboxylic acids is 1. The van der Waals surface area contributed by atoms with Gasteiger partial charge in [0.2, 0.25) is 5.91 Å². The minimum Gasteiger partial charge on any atom is -0.475 e. The third-order valence-electron chi connectivity index (χ3n) is 5.91. The summed E-state index contributed by atoms with van der Waals surface area (Å²) >= 11 is 0. The number of aliphatic carboxylic acids is 1. The average Bonchev–Trinajstić information content (AvgIpc) is 2.76. The first kappa shape index (κ1) is 25.2. The molecule has 2 aliphatic heterocycles. The van der Waals surface area contributed by atoms with Gasteiger partial charge in [-0.05, 0) is 51.2 Å². The zero-order valence-electron chi connectivity index (χ0n) is 18.6. The third-order valence-corrected chi connectivity index (χ3v) is 5.91. The molecule has 0 bridgehead atoms. The lowest BCUT2D eigenvalue weighted by molar-refractivity contribution is -0.200. The number of hydrogen-bond donors (Lipinski definition) is 1. The molecular formula is C23H29F3N2O5. The molecule has 1 aromatic heterocycles. The van der Waals surface area contributed by atoms with E-state index in [1.165, 1.54) is 6.42 Å². The van der Waals surface area contributed by atoms with Crippen molar-refractivity contribution in [2.75, 3.05) is 19.7 Å². The van der Waals surface area contributed by atoms with Crippen molar-refractivity contribution in [3.05, 3.63) is 41.2 Å².